The number of amides is 1. The van der Waals surface area contributed by atoms with Crippen LogP contribution >= 0.6 is 0 Å². The minimum atomic E-state index is -0.520. The van der Waals surface area contributed by atoms with E-state index in [1.165, 1.54) is 0 Å². The Balaban J connectivity index is 2.50. The smallest absolute Gasteiger partial charge is 0.410 e. The molecule has 0 spiro atoms. The number of ether oxygens (including phenoxy) is 1. The van der Waals surface area contributed by atoms with Gasteiger partial charge in [-0.2, -0.15) is 0 Å². The minimum Gasteiger partial charge on any atom is -0.444 e. The molecule has 0 aromatic carbocycles. The van der Waals surface area contributed by atoms with Gasteiger partial charge in [-0.15, -0.1) is 0 Å². The molecule has 0 bridgehead atoms. The molecular formula is C16H27NO4. The van der Waals surface area contributed by atoms with E-state index in [9.17, 15) is 14.4 Å². The van der Waals surface area contributed by atoms with Crippen molar-refractivity contribution < 1.29 is 19.1 Å². The van der Waals surface area contributed by atoms with E-state index in [4.69, 9.17) is 4.74 Å². The Morgan fingerprint density at radius 3 is 2.14 bits per heavy atom. The van der Waals surface area contributed by atoms with E-state index in [-0.39, 0.29) is 23.6 Å². The predicted octanol–water partition coefficient (Wildman–Crippen LogP) is 2.82. The summed E-state index contributed by atoms with van der Waals surface area (Å²) in [5, 5.41) is 0. The number of hydrogen-bond donors (Lipinski definition) is 0. The van der Waals surface area contributed by atoms with Crippen molar-refractivity contribution in [3.8, 4) is 0 Å². The molecule has 21 heavy (non-hydrogen) atoms. The molecule has 1 amide bonds. The summed E-state index contributed by atoms with van der Waals surface area (Å²) in [7, 11) is 0. The van der Waals surface area contributed by atoms with Gasteiger partial charge in [-0.25, -0.2) is 4.79 Å². The number of carbonyl (C=O) groups is 3. The summed E-state index contributed by atoms with van der Waals surface area (Å²) in [6.45, 7) is 9.99. The van der Waals surface area contributed by atoms with Crippen molar-refractivity contribution in [3.05, 3.63) is 0 Å². The average molecular weight is 297 g/mol. The summed E-state index contributed by atoms with van der Waals surface area (Å²) >= 11 is 0. The van der Waals surface area contributed by atoms with E-state index in [2.05, 4.69) is 0 Å². The molecule has 120 valence electrons. The Kier molecular flexibility index (Phi) is 5.93. The van der Waals surface area contributed by atoms with Gasteiger partial charge in [0.05, 0.1) is 5.92 Å². The van der Waals surface area contributed by atoms with Gasteiger partial charge in [0, 0.05) is 25.4 Å². The first kappa shape index (κ1) is 17.7. The second-order valence-electron chi connectivity index (χ2n) is 6.69. The van der Waals surface area contributed by atoms with Crippen LogP contribution in [0.1, 0.15) is 53.9 Å². The topological polar surface area (TPSA) is 63.7 Å². The van der Waals surface area contributed by atoms with E-state index in [1.54, 1.807) is 18.7 Å². The predicted molar refractivity (Wildman–Crippen MR) is 80.0 cm³/mol. The Morgan fingerprint density at radius 2 is 1.71 bits per heavy atom. The summed E-state index contributed by atoms with van der Waals surface area (Å²) in [5.41, 5.74) is -0.508. The van der Waals surface area contributed by atoms with Crippen LogP contribution in [0.2, 0.25) is 0 Å². The van der Waals surface area contributed by atoms with Gasteiger partial charge in [0.2, 0.25) is 0 Å². The summed E-state index contributed by atoms with van der Waals surface area (Å²) in [6, 6.07) is 0. The average Bonchev–Trinajstić information content (AvgIpc) is 2.43. The van der Waals surface area contributed by atoms with Gasteiger partial charge in [-0.05, 0) is 40.5 Å². The Morgan fingerprint density at radius 1 is 1.19 bits per heavy atom. The van der Waals surface area contributed by atoms with Crippen molar-refractivity contribution in [2.75, 3.05) is 13.1 Å². The van der Waals surface area contributed by atoms with Crippen LogP contribution in [-0.2, 0) is 14.3 Å². The number of rotatable bonds is 4. The molecule has 0 aromatic rings. The van der Waals surface area contributed by atoms with Gasteiger partial charge >= 0.3 is 6.09 Å². The van der Waals surface area contributed by atoms with Gasteiger partial charge in [0.15, 0.2) is 0 Å². The van der Waals surface area contributed by atoms with Crippen molar-refractivity contribution >= 4 is 17.7 Å². The molecule has 0 radical (unpaired) electrons. The molecular weight excluding hydrogens is 270 g/mol. The van der Waals surface area contributed by atoms with E-state index in [0.717, 1.165) is 0 Å². The summed E-state index contributed by atoms with van der Waals surface area (Å²) in [5.74, 6) is -0.623. The quantitative estimate of drug-likeness (QED) is 0.748. The highest BCUT2D eigenvalue weighted by atomic mass is 16.6. The Bertz CT molecular complexity index is 403. The van der Waals surface area contributed by atoms with Crippen molar-refractivity contribution in [2.45, 2.75) is 59.5 Å². The van der Waals surface area contributed by atoms with E-state index >= 15 is 0 Å². The highest BCUT2D eigenvalue weighted by molar-refractivity contribution is 6.02. The lowest BCUT2D eigenvalue weighted by atomic mass is 9.84. The summed E-state index contributed by atoms with van der Waals surface area (Å²) < 4.78 is 5.32. The maximum atomic E-state index is 12.2. The molecule has 1 aliphatic heterocycles. The fourth-order valence-electron chi connectivity index (χ4n) is 2.49. The second-order valence-corrected chi connectivity index (χ2v) is 6.69. The molecule has 5 nitrogen and oxygen atoms in total. The lowest BCUT2D eigenvalue weighted by Gasteiger charge is -2.33. The first-order chi connectivity index (χ1) is 9.65. The van der Waals surface area contributed by atoms with Gasteiger partial charge < -0.3 is 9.64 Å². The van der Waals surface area contributed by atoms with Crippen LogP contribution in [0, 0.1) is 11.8 Å². The van der Waals surface area contributed by atoms with Gasteiger partial charge in [0.1, 0.15) is 17.2 Å². The van der Waals surface area contributed by atoms with E-state index in [1.807, 2.05) is 20.8 Å². The Hall–Kier alpha value is -1.39. The fraction of sp³-hybridized carbons (Fsp3) is 0.812. The first-order valence-corrected chi connectivity index (χ1v) is 7.70. The van der Waals surface area contributed by atoms with Crippen molar-refractivity contribution in [2.24, 2.45) is 11.8 Å². The Labute approximate surface area is 127 Å². The zero-order valence-electron chi connectivity index (χ0n) is 13.8. The third kappa shape index (κ3) is 5.14. The van der Waals surface area contributed by atoms with Gasteiger partial charge in [0.25, 0.3) is 0 Å². The number of ketones is 2. The highest BCUT2D eigenvalue weighted by Crippen LogP contribution is 2.23. The molecule has 1 heterocycles. The minimum absolute atomic E-state index is 0.00503. The number of carbonyl (C=O) groups excluding carboxylic acids is 3. The maximum Gasteiger partial charge on any atom is 0.410 e. The lowest BCUT2D eigenvalue weighted by Crippen LogP contribution is -2.44. The first-order valence-electron chi connectivity index (χ1n) is 7.70. The highest BCUT2D eigenvalue weighted by Gasteiger charge is 2.33. The maximum absolute atomic E-state index is 12.2. The standard InChI is InChI=1S/C16H27NO4/c1-6-13(18)11(2)14(19)12-7-9-17(10-8-12)15(20)21-16(3,4)5/h11-12H,6-10H2,1-5H3/t11-/m0/s1. The number of piperidine rings is 1. The van der Waals surface area contributed by atoms with Crippen molar-refractivity contribution in [3.63, 3.8) is 0 Å². The molecule has 0 aliphatic carbocycles. The molecule has 0 N–H and O–H groups in total. The fourth-order valence-corrected chi connectivity index (χ4v) is 2.49. The molecule has 5 heteroatoms. The van der Waals surface area contributed by atoms with Crippen LogP contribution in [0.4, 0.5) is 4.79 Å². The summed E-state index contributed by atoms with van der Waals surface area (Å²) in [6.07, 6.45) is 1.29. The molecule has 0 aromatic heterocycles. The SMILES string of the molecule is CCC(=O)[C@H](C)C(=O)C1CCN(C(=O)OC(C)(C)C)CC1. The molecule has 0 unspecified atom stereocenters. The number of nitrogens with zero attached hydrogens (tertiary/aromatic N) is 1. The molecule has 1 saturated heterocycles. The molecule has 1 fully saturated rings. The molecule has 1 atom stereocenters. The zero-order chi connectivity index (χ0) is 16.2. The van der Waals surface area contributed by atoms with Crippen LogP contribution in [0.15, 0.2) is 0 Å². The molecule has 0 saturated carbocycles. The number of likely N-dealkylation sites (tertiary alicyclic amines) is 1. The number of Topliss-reactive ketones (excluding diaryl/α,β-unsaturated/α-hetero) is 2. The zero-order valence-corrected chi connectivity index (χ0v) is 13.8. The third-order valence-electron chi connectivity index (χ3n) is 3.81. The van der Waals surface area contributed by atoms with Crippen molar-refractivity contribution in [1.29, 1.82) is 0 Å². The lowest BCUT2D eigenvalue weighted by molar-refractivity contribution is -0.135. The number of hydrogen-bond acceptors (Lipinski definition) is 4. The normalized spacial score (nSPS) is 18.2. The van der Waals surface area contributed by atoms with Crippen molar-refractivity contribution in [1.82, 2.24) is 4.90 Å². The van der Waals surface area contributed by atoms with E-state index < -0.39 is 11.5 Å². The third-order valence-corrected chi connectivity index (χ3v) is 3.81. The van der Waals surface area contributed by atoms with Crippen LogP contribution in [0.3, 0.4) is 0 Å². The van der Waals surface area contributed by atoms with Crippen LogP contribution < -0.4 is 0 Å². The second kappa shape index (κ2) is 7.05. The van der Waals surface area contributed by atoms with Crippen LogP contribution in [0.25, 0.3) is 0 Å². The van der Waals surface area contributed by atoms with Crippen LogP contribution in [0.5, 0.6) is 0 Å². The molecule has 1 rings (SSSR count). The monoisotopic (exact) mass is 297 g/mol. The van der Waals surface area contributed by atoms with E-state index in [0.29, 0.717) is 32.4 Å². The van der Waals surface area contributed by atoms with Crippen LogP contribution in [-0.4, -0.2) is 41.3 Å². The largest absolute Gasteiger partial charge is 0.444 e. The van der Waals surface area contributed by atoms with Gasteiger partial charge in [-0.3, -0.25) is 9.59 Å². The molecule has 1 aliphatic rings. The summed E-state index contributed by atoms with van der Waals surface area (Å²) in [4.78, 5) is 37.5. The van der Waals surface area contributed by atoms with Gasteiger partial charge in [-0.1, -0.05) is 6.92 Å².